The Kier molecular flexibility index (Phi) is 3.05. The third-order valence-corrected chi connectivity index (χ3v) is 3.18. The molecule has 0 aliphatic carbocycles. The first kappa shape index (κ1) is 10.9. The lowest BCUT2D eigenvalue weighted by Gasteiger charge is -2.07. The highest BCUT2D eigenvalue weighted by Gasteiger charge is 2.04. The fraction of sp³-hybridized carbons (Fsp3) is 0.0909. The Labute approximate surface area is 101 Å². The Balaban J connectivity index is 2.38. The number of nitrogens with two attached hydrogens (primary N) is 1. The van der Waals surface area contributed by atoms with Crippen LogP contribution in [0.25, 0.3) is 0 Å². The van der Waals surface area contributed by atoms with Crippen molar-refractivity contribution in [3.05, 3.63) is 56.9 Å². The first-order valence-corrected chi connectivity index (χ1v) is 5.53. The maximum absolute atomic E-state index is 11.5. The van der Waals surface area contributed by atoms with E-state index in [0.29, 0.717) is 12.2 Å². The molecule has 0 saturated carbocycles. The van der Waals surface area contributed by atoms with Gasteiger partial charge in [-0.2, -0.15) is 5.10 Å². The van der Waals surface area contributed by atoms with Crippen molar-refractivity contribution in [3.8, 4) is 0 Å². The highest BCUT2D eigenvalue weighted by atomic mass is 79.9. The molecule has 0 amide bonds. The van der Waals surface area contributed by atoms with Crippen LogP contribution in [0, 0.1) is 0 Å². The van der Waals surface area contributed by atoms with Crippen LogP contribution < -0.4 is 11.3 Å². The van der Waals surface area contributed by atoms with Gasteiger partial charge in [-0.1, -0.05) is 12.1 Å². The molecule has 0 spiro atoms. The molecule has 0 saturated heterocycles. The number of hydrogen-bond acceptors (Lipinski definition) is 3. The Bertz CT molecular complexity index is 565. The van der Waals surface area contributed by atoms with Crippen LogP contribution in [0.3, 0.4) is 0 Å². The SMILES string of the molecule is Nc1cccc(Cn2ncccc2=O)c1Br. The van der Waals surface area contributed by atoms with E-state index in [-0.39, 0.29) is 5.56 Å². The largest absolute Gasteiger partial charge is 0.398 e. The van der Waals surface area contributed by atoms with E-state index in [4.69, 9.17) is 5.73 Å². The molecule has 0 unspecified atom stereocenters. The van der Waals surface area contributed by atoms with Gasteiger partial charge < -0.3 is 5.73 Å². The van der Waals surface area contributed by atoms with E-state index >= 15 is 0 Å². The number of hydrogen-bond donors (Lipinski definition) is 1. The lowest BCUT2D eigenvalue weighted by Crippen LogP contribution is -2.21. The Hall–Kier alpha value is -1.62. The highest BCUT2D eigenvalue weighted by molar-refractivity contribution is 9.10. The fourth-order valence-electron chi connectivity index (χ4n) is 1.39. The molecule has 1 aromatic carbocycles. The Morgan fingerprint density at radius 2 is 2.12 bits per heavy atom. The maximum Gasteiger partial charge on any atom is 0.267 e. The second-order valence-electron chi connectivity index (χ2n) is 3.34. The van der Waals surface area contributed by atoms with Gasteiger partial charge in [-0.15, -0.1) is 0 Å². The number of nitrogen functional groups attached to an aromatic ring is 1. The average molecular weight is 280 g/mol. The van der Waals surface area contributed by atoms with E-state index in [1.54, 1.807) is 18.3 Å². The van der Waals surface area contributed by atoms with Crippen LogP contribution in [0.15, 0.2) is 45.8 Å². The summed E-state index contributed by atoms with van der Waals surface area (Å²) in [6.45, 7) is 0.408. The van der Waals surface area contributed by atoms with E-state index in [1.807, 2.05) is 12.1 Å². The minimum Gasteiger partial charge on any atom is -0.398 e. The Morgan fingerprint density at radius 3 is 2.88 bits per heavy atom. The lowest BCUT2D eigenvalue weighted by atomic mass is 10.2. The molecule has 0 aliphatic heterocycles. The van der Waals surface area contributed by atoms with E-state index in [9.17, 15) is 4.79 Å². The van der Waals surface area contributed by atoms with E-state index in [2.05, 4.69) is 21.0 Å². The zero-order valence-corrected chi connectivity index (χ0v) is 10.0. The van der Waals surface area contributed by atoms with Crippen LogP contribution in [0.2, 0.25) is 0 Å². The molecule has 2 rings (SSSR count). The number of nitrogens with zero attached hydrogens (tertiary/aromatic N) is 2. The van der Waals surface area contributed by atoms with Crippen LogP contribution in [-0.4, -0.2) is 9.78 Å². The quantitative estimate of drug-likeness (QED) is 0.851. The van der Waals surface area contributed by atoms with E-state index in [0.717, 1.165) is 10.0 Å². The van der Waals surface area contributed by atoms with Gasteiger partial charge in [-0.05, 0) is 33.6 Å². The first-order valence-electron chi connectivity index (χ1n) is 4.73. The smallest absolute Gasteiger partial charge is 0.267 e. The first-order chi connectivity index (χ1) is 7.68. The molecule has 1 heterocycles. The van der Waals surface area contributed by atoms with Gasteiger partial charge in [0.1, 0.15) is 0 Å². The Morgan fingerprint density at radius 1 is 1.31 bits per heavy atom. The van der Waals surface area contributed by atoms with Crippen LogP contribution in [0.1, 0.15) is 5.56 Å². The second kappa shape index (κ2) is 4.49. The van der Waals surface area contributed by atoms with Gasteiger partial charge in [-0.3, -0.25) is 4.79 Å². The van der Waals surface area contributed by atoms with Gasteiger partial charge >= 0.3 is 0 Å². The minimum absolute atomic E-state index is 0.128. The molecule has 1 aromatic heterocycles. The summed E-state index contributed by atoms with van der Waals surface area (Å²) in [5, 5.41) is 3.99. The van der Waals surface area contributed by atoms with Gasteiger partial charge in [0.25, 0.3) is 5.56 Å². The number of aromatic nitrogens is 2. The average Bonchev–Trinajstić information content (AvgIpc) is 2.28. The lowest BCUT2D eigenvalue weighted by molar-refractivity contribution is 0.637. The summed E-state index contributed by atoms with van der Waals surface area (Å²) in [7, 11) is 0. The van der Waals surface area contributed by atoms with Crippen molar-refractivity contribution in [2.24, 2.45) is 0 Å². The summed E-state index contributed by atoms with van der Waals surface area (Å²) in [6, 6.07) is 8.65. The molecule has 82 valence electrons. The number of halogens is 1. The summed E-state index contributed by atoms with van der Waals surface area (Å²) in [5.74, 6) is 0. The van der Waals surface area contributed by atoms with Crippen LogP contribution >= 0.6 is 15.9 Å². The standard InChI is InChI=1S/C11H10BrN3O/c12-11-8(3-1-4-9(11)13)7-15-10(16)5-2-6-14-15/h1-6H,7,13H2. The number of rotatable bonds is 2. The molecule has 5 heteroatoms. The summed E-state index contributed by atoms with van der Waals surface area (Å²) in [4.78, 5) is 11.5. The van der Waals surface area contributed by atoms with Crippen molar-refractivity contribution < 1.29 is 0 Å². The maximum atomic E-state index is 11.5. The molecule has 2 aromatic rings. The van der Waals surface area contributed by atoms with Crippen LogP contribution in [0.4, 0.5) is 5.69 Å². The molecular formula is C11H10BrN3O. The third kappa shape index (κ3) is 2.14. The summed E-state index contributed by atoms with van der Waals surface area (Å²) in [6.07, 6.45) is 1.58. The van der Waals surface area contributed by atoms with E-state index < -0.39 is 0 Å². The zero-order chi connectivity index (χ0) is 11.5. The molecule has 0 fully saturated rings. The predicted molar refractivity (Wildman–Crippen MR) is 66.2 cm³/mol. The summed E-state index contributed by atoms with van der Waals surface area (Å²) < 4.78 is 2.20. The van der Waals surface area contributed by atoms with Crippen molar-refractivity contribution in [1.29, 1.82) is 0 Å². The van der Waals surface area contributed by atoms with Crippen molar-refractivity contribution in [2.75, 3.05) is 5.73 Å². The molecule has 0 radical (unpaired) electrons. The molecule has 16 heavy (non-hydrogen) atoms. The van der Waals surface area contributed by atoms with E-state index in [1.165, 1.54) is 10.7 Å². The highest BCUT2D eigenvalue weighted by Crippen LogP contribution is 2.23. The molecule has 4 nitrogen and oxygen atoms in total. The molecule has 2 N–H and O–H groups in total. The monoisotopic (exact) mass is 279 g/mol. The second-order valence-corrected chi connectivity index (χ2v) is 4.13. The van der Waals surface area contributed by atoms with Gasteiger partial charge in [-0.25, -0.2) is 4.68 Å². The van der Waals surface area contributed by atoms with Crippen LogP contribution in [-0.2, 0) is 6.54 Å². The minimum atomic E-state index is -0.128. The van der Waals surface area contributed by atoms with Crippen molar-refractivity contribution >= 4 is 21.6 Å². The topological polar surface area (TPSA) is 60.9 Å². The van der Waals surface area contributed by atoms with Crippen LogP contribution in [0.5, 0.6) is 0 Å². The van der Waals surface area contributed by atoms with Crippen molar-refractivity contribution in [3.63, 3.8) is 0 Å². The van der Waals surface area contributed by atoms with Crippen molar-refractivity contribution in [1.82, 2.24) is 9.78 Å². The predicted octanol–water partition coefficient (Wildman–Crippen LogP) is 1.64. The van der Waals surface area contributed by atoms with Gasteiger partial charge in [0, 0.05) is 22.4 Å². The summed E-state index contributed by atoms with van der Waals surface area (Å²) in [5.41, 5.74) is 7.22. The van der Waals surface area contributed by atoms with Gasteiger partial charge in [0.2, 0.25) is 0 Å². The number of anilines is 1. The molecule has 0 aliphatic rings. The third-order valence-electron chi connectivity index (χ3n) is 2.21. The summed E-state index contributed by atoms with van der Waals surface area (Å²) >= 11 is 3.39. The van der Waals surface area contributed by atoms with Gasteiger partial charge in [0.15, 0.2) is 0 Å². The van der Waals surface area contributed by atoms with Gasteiger partial charge in [0.05, 0.1) is 6.54 Å². The normalized spacial score (nSPS) is 10.3. The zero-order valence-electron chi connectivity index (χ0n) is 8.43. The molecule has 0 atom stereocenters. The van der Waals surface area contributed by atoms with Crippen molar-refractivity contribution in [2.45, 2.75) is 6.54 Å². The fourth-order valence-corrected chi connectivity index (χ4v) is 1.78. The molecule has 0 bridgehead atoms. The number of benzene rings is 1. The molecular weight excluding hydrogens is 270 g/mol.